The van der Waals surface area contributed by atoms with Crippen molar-refractivity contribution in [2.45, 2.75) is 6.42 Å². The Balaban J connectivity index is 2.81. The zero-order valence-electron chi connectivity index (χ0n) is 6.86. The normalized spacial score (nSPS) is 9.54. The number of carbonyl (C=O) groups is 2. The van der Waals surface area contributed by atoms with Gasteiger partial charge in [0.2, 0.25) is 5.91 Å². The molecule has 0 aromatic heterocycles. The first-order valence-electron chi connectivity index (χ1n) is 3.70. The van der Waals surface area contributed by atoms with Crippen LogP contribution in [0.2, 0.25) is 0 Å². The summed E-state index contributed by atoms with van der Waals surface area (Å²) in [6, 6.07) is 6.05. The number of primary amides is 1. The average molecular weight is 179 g/mol. The van der Waals surface area contributed by atoms with E-state index in [0.29, 0.717) is 0 Å². The van der Waals surface area contributed by atoms with Crippen molar-refractivity contribution in [1.29, 1.82) is 0 Å². The van der Waals surface area contributed by atoms with Gasteiger partial charge in [0, 0.05) is 0 Å². The van der Waals surface area contributed by atoms with Crippen LogP contribution in [-0.2, 0) is 11.2 Å². The highest BCUT2D eigenvalue weighted by Gasteiger charge is 2.02. The summed E-state index contributed by atoms with van der Waals surface area (Å²) in [5, 5.41) is 8.57. The van der Waals surface area contributed by atoms with E-state index in [-0.39, 0.29) is 12.0 Å². The fourth-order valence-corrected chi connectivity index (χ4v) is 0.966. The van der Waals surface area contributed by atoms with E-state index in [9.17, 15) is 9.59 Å². The van der Waals surface area contributed by atoms with Gasteiger partial charge in [0.05, 0.1) is 12.0 Å². The highest BCUT2D eigenvalue weighted by molar-refractivity contribution is 5.87. The monoisotopic (exact) mass is 179 g/mol. The lowest BCUT2D eigenvalue weighted by Gasteiger charge is -1.97. The number of amides is 1. The maximum Gasteiger partial charge on any atom is 0.335 e. The molecule has 1 aromatic rings. The van der Waals surface area contributed by atoms with Crippen LogP contribution < -0.4 is 5.73 Å². The molecular weight excluding hydrogens is 170 g/mol. The maximum atomic E-state index is 10.5. The molecule has 0 saturated heterocycles. The first kappa shape index (κ1) is 9.25. The molecule has 0 spiro atoms. The summed E-state index contributed by atoms with van der Waals surface area (Å²) in [6.07, 6.45) is 0.139. The van der Waals surface area contributed by atoms with Crippen molar-refractivity contribution < 1.29 is 14.7 Å². The molecule has 0 aliphatic heterocycles. The van der Waals surface area contributed by atoms with Gasteiger partial charge in [-0.05, 0) is 17.7 Å². The fraction of sp³-hybridized carbons (Fsp3) is 0.111. The summed E-state index contributed by atoms with van der Waals surface area (Å²) in [5.41, 5.74) is 5.89. The van der Waals surface area contributed by atoms with Crippen LogP contribution >= 0.6 is 0 Å². The third-order valence-corrected chi connectivity index (χ3v) is 1.58. The van der Waals surface area contributed by atoms with Crippen LogP contribution in [0.25, 0.3) is 0 Å². The smallest absolute Gasteiger partial charge is 0.335 e. The number of hydrogen-bond acceptors (Lipinski definition) is 2. The third kappa shape index (κ3) is 2.59. The van der Waals surface area contributed by atoms with Crippen molar-refractivity contribution in [3.05, 3.63) is 35.4 Å². The first-order chi connectivity index (χ1) is 6.09. The molecule has 68 valence electrons. The van der Waals surface area contributed by atoms with Crippen LogP contribution in [0, 0.1) is 0 Å². The number of carboxylic acid groups (broad SMARTS) is 1. The minimum atomic E-state index is -0.981. The zero-order valence-corrected chi connectivity index (χ0v) is 6.86. The molecule has 1 rings (SSSR count). The molecule has 0 aliphatic carbocycles. The van der Waals surface area contributed by atoms with E-state index in [1.165, 1.54) is 12.1 Å². The Morgan fingerprint density at radius 1 is 1.23 bits per heavy atom. The minimum absolute atomic E-state index is 0.139. The summed E-state index contributed by atoms with van der Waals surface area (Å²) in [5.74, 6) is -1.41. The molecule has 1 amide bonds. The van der Waals surface area contributed by atoms with Gasteiger partial charge in [0.15, 0.2) is 0 Å². The molecule has 0 radical (unpaired) electrons. The number of aromatic carboxylic acids is 1. The predicted octanol–water partition coefficient (Wildman–Crippen LogP) is 0.413. The van der Waals surface area contributed by atoms with E-state index in [1.54, 1.807) is 12.1 Å². The molecule has 3 N–H and O–H groups in total. The number of benzene rings is 1. The van der Waals surface area contributed by atoms with E-state index < -0.39 is 11.9 Å². The van der Waals surface area contributed by atoms with Gasteiger partial charge in [-0.1, -0.05) is 12.1 Å². The molecule has 4 heteroatoms. The van der Waals surface area contributed by atoms with Crippen LogP contribution in [0.4, 0.5) is 0 Å². The average Bonchev–Trinajstić information content (AvgIpc) is 2.04. The van der Waals surface area contributed by atoms with Crippen molar-refractivity contribution in [2.24, 2.45) is 5.73 Å². The Hall–Kier alpha value is -1.84. The van der Waals surface area contributed by atoms with Gasteiger partial charge in [-0.3, -0.25) is 4.79 Å². The van der Waals surface area contributed by atoms with Gasteiger partial charge in [-0.25, -0.2) is 4.79 Å². The molecule has 0 saturated carbocycles. The molecular formula is C9H9NO3. The van der Waals surface area contributed by atoms with Crippen molar-refractivity contribution in [1.82, 2.24) is 0 Å². The second kappa shape index (κ2) is 3.71. The topological polar surface area (TPSA) is 80.4 Å². The number of nitrogens with two attached hydrogens (primary N) is 1. The summed E-state index contributed by atoms with van der Waals surface area (Å²) >= 11 is 0. The van der Waals surface area contributed by atoms with Crippen LogP contribution in [0.3, 0.4) is 0 Å². The van der Waals surface area contributed by atoms with Crippen molar-refractivity contribution in [3.63, 3.8) is 0 Å². The number of carbonyl (C=O) groups excluding carboxylic acids is 1. The summed E-state index contributed by atoms with van der Waals surface area (Å²) in [4.78, 5) is 20.9. The summed E-state index contributed by atoms with van der Waals surface area (Å²) in [6.45, 7) is 0. The Morgan fingerprint density at radius 2 is 1.77 bits per heavy atom. The molecule has 13 heavy (non-hydrogen) atoms. The van der Waals surface area contributed by atoms with Gasteiger partial charge in [0.1, 0.15) is 0 Å². The SMILES string of the molecule is NC(=O)Cc1ccc(C(=O)O)cc1. The number of hydrogen-bond donors (Lipinski definition) is 2. The molecule has 0 unspecified atom stereocenters. The Labute approximate surface area is 75.0 Å². The standard InChI is InChI=1S/C9H9NO3/c10-8(11)5-6-1-3-7(4-2-6)9(12)13/h1-4H,5H2,(H2,10,11)(H,12,13). The molecule has 0 atom stereocenters. The Kier molecular flexibility index (Phi) is 2.64. The Bertz CT molecular complexity index is 329. The van der Waals surface area contributed by atoms with Crippen molar-refractivity contribution in [2.75, 3.05) is 0 Å². The summed E-state index contributed by atoms with van der Waals surface area (Å²) in [7, 11) is 0. The van der Waals surface area contributed by atoms with Crippen molar-refractivity contribution >= 4 is 11.9 Å². The van der Waals surface area contributed by atoms with Gasteiger partial charge in [0.25, 0.3) is 0 Å². The third-order valence-electron chi connectivity index (χ3n) is 1.58. The molecule has 1 aromatic carbocycles. The molecule has 0 fully saturated rings. The van der Waals surface area contributed by atoms with Gasteiger partial charge in [-0.15, -0.1) is 0 Å². The quantitative estimate of drug-likeness (QED) is 0.705. The highest BCUT2D eigenvalue weighted by atomic mass is 16.4. The van der Waals surface area contributed by atoms with Crippen LogP contribution in [0.15, 0.2) is 24.3 Å². The zero-order chi connectivity index (χ0) is 9.84. The van der Waals surface area contributed by atoms with E-state index in [4.69, 9.17) is 10.8 Å². The van der Waals surface area contributed by atoms with Crippen LogP contribution in [-0.4, -0.2) is 17.0 Å². The predicted molar refractivity (Wildman–Crippen MR) is 46.3 cm³/mol. The lowest BCUT2D eigenvalue weighted by Crippen LogP contribution is -2.13. The maximum absolute atomic E-state index is 10.5. The van der Waals surface area contributed by atoms with E-state index >= 15 is 0 Å². The van der Waals surface area contributed by atoms with Crippen LogP contribution in [0.5, 0.6) is 0 Å². The van der Waals surface area contributed by atoms with E-state index in [0.717, 1.165) is 5.56 Å². The number of rotatable bonds is 3. The highest BCUT2D eigenvalue weighted by Crippen LogP contribution is 2.04. The minimum Gasteiger partial charge on any atom is -0.478 e. The Morgan fingerprint density at radius 3 is 2.15 bits per heavy atom. The van der Waals surface area contributed by atoms with Crippen LogP contribution in [0.1, 0.15) is 15.9 Å². The van der Waals surface area contributed by atoms with Crippen molar-refractivity contribution in [3.8, 4) is 0 Å². The molecule has 0 aliphatic rings. The van der Waals surface area contributed by atoms with E-state index in [2.05, 4.69) is 0 Å². The molecule has 0 bridgehead atoms. The first-order valence-corrected chi connectivity index (χ1v) is 3.70. The van der Waals surface area contributed by atoms with Gasteiger partial charge >= 0.3 is 5.97 Å². The second-order valence-electron chi connectivity index (χ2n) is 2.65. The summed E-state index contributed by atoms with van der Waals surface area (Å²) < 4.78 is 0. The van der Waals surface area contributed by atoms with E-state index in [1.807, 2.05) is 0 Å². The largest absolute Gasteiger partial charge is 0.478 e. The number of carboxylic acids is 1. The molecule has 4 nitrogen and oxygen atoms in total. The second-order valence-corrected chi connectivity index (χ2v) is 2.65. The lowest BCUT2D eigenvalue weighted by molar-refractivity contribution is -0.117. The van der Waals surface area contributed by atoms with Gasteiger partial charge in [-0.2, -0.15) is 0 Å². The fourth-order valence-electron chi connectivity index (χ4n) is 0.966. The molecule has 0 heterocycles. The van der Waals surface area contributed by atoms with Gasteiger partial charge < -0.3 is 10.8 Å². The lowest BCUT2D eigenvalue weighted by atomic mass is 10.1.